The van der Waals surface area contributed by atoms with E-state index < -0.39 is 0 Å². The molecule has 0 radical (unpaired) electrons. The Labute approximate surface area is 124 Å². The second-order valence-electron chi connectivity index (χ2n) is 6.44. The van der Waals surface area contributed by atoms with Gasteiger partial charge in [-0.2, -0.15) is 0 Å². The molecule has 0 spiro atoms. The molecule has 1 aliphatic carbocycles. The van der Waals surface area contributed by atoms with E-state index in [0.717, 1.165) is 12.5 Å². The molecule has 1 fully saturated rings. The molecular formula is C18H30N2. The third kappa shape index (κ3) is 3.83. The van der Waals surface area contributed by atoms with Gasteiger partial charge in [0.05, 0.1) is 0 Å². The van der Waals surface area contributed by atoms with Gasteiger partial charge < -0.3 is 5.32 Å². The van der Waals surface area contributed by atoms with Crippen LogP contribution in [0.1, 0.15) is 45.2 Å². The Balaban J connectivity index is 2.19. The maximum atomic E-state index is 3.57. The lowest BCUT2D eigenvalue weighted by Crippen LogP contribution is -2.47. The fourth-order valence-corrected chi connectivity index (χ4v) is 3.31. The summed E-state index contributed by atoms with van der Waals surface area (Å²) in [6.45, 7) is 9.42. The number of hydrogen-bond acceptors (Lipinski definition) is 2. The summed E-state index contributed by atoms with van der Waals surface area (Å²) in [5, 5.41) is 3.57. The molecule has 1 aliphatic rings. The van der Waals surface area contributed by atoms with E-state index in [1.54, 1.807) is 0 Å². The zero-order valence-electron chi connectivity index (χ0n) is 13.5. The van der Waals surface area contributed by atoms with Crippen LogP contribution in [0.15, 0.2) is 30.3 Å². The van der Waals surface area contributed by atoms with Crippen molar-refractivity contribution in [3.8, 4) is 0 Å². The highest BCUT2D eigenvalue weighted by Gasteiger charge is 2.33. The van der Waals surface area contributed by atoms with E-state index in [4.69, 9.17) is 0 Å². The standard InChI is InChI=1S/C18H30N2/c1-5-20(13-15-11-12-15)18(14(2)3)17(19-4)16-9-7-6-8-10-16/h6-10,14-15,17-19H,5,11-13H2,1-4H3. The predicted molar refractivity (Wildman–Crippen MR) is 86.8 cm³/mol. The molecule has 0 aliphatic heterocycles. The summed E-state index contributed by atoms with van der Waals surface area (Å²) < 4.78 is 0. The fourth-order valence-electron chi connectivity index (χ4n) is 3.31. The van der Waals surface area contributed by atoms with Gasteiger partial charge in [-0.15, -0.1) is 0 Å². The number of nitrogens with zero attached hydrogens (tertiary/aromatic N) is 1. The third-order valence-corrected chi connectivity index (χ3v) is 4.51. The van der Waals surface area contributed by atoms with E-state index in [-0.39, 0.29) is 0 Å². The normalized spacial score (nSPS) is 18.5. The Morgan fingerprint density at radius 1 is 1.20 bits per heavy atom. The van der Waals surface area contributed by atoms with Crippen molar-refractivity contribution >= 4 is 0 Å². The smallest absolute Gasteiger partial charge is 0.0478 e. The monoisotopic (exact) mass is 274 g/mol. The largest absolute Gasteiger partial charge is 0.312 e. The van der Waals surface area contributed by atoms with Gasteiger partial charge in [0, 0.05) is 18.6 Å². The summed E-state index contributed by atoms with van der Waals surface area (Å²) in [5.74, 6) is 1.59. The molecule has 0 saturated heterocycles. The zero-order valence-corrected chi connectivity index (χ0v) is 13.5. The molecule has 1 aromatic rings. The van der Waals surface area contributed by atoms with Crippen LogP contribution in [0.3, 0.4) is 0 Å². The maximum Gasteiger partial charge on any atom is 0.0478 e. The predicted octanol–water partition coefficient (Wildman–Crippen LogP) is 3.70. The average Bonchev–Trinajstić information content (AvgIpc) is 3.27. The van der Waals surface area contributed by atoms with Gasteiger partial charge in [-0.25, -0.2) is 0 Å². The van der Waals surface area contributed by atoms with Crippen LogP contribution in [0.25, 0.3) is 0 Å². The molecule has 0 heterocycles. The molecule has 1 N–H and O–H groups in total. The average molecular weight is 274 g/mol. The van der Waals surface area contributed by atoms with Gasteiger partial charge in [0.25, 0.3) is 0 Å². The second kappa shape index (κ2) is 7.24. The molecule has 0 bridgehead atoms. The summed E-state index contributed by atoms with van der Waals surface area (Å²) in [7, 11) is 2.10. The van der Waals surface area contributed by atoms with E-state index in [2.05, 4.69) is 68.4 Å². The number of nitrogens with one attached hydrogen (secondary N) is 1. The molecule has 2 unspecified atom stereocenters. The summed E-state index contributed by atoms with van der Waals surface area (Å²) in [4.78, 5) is 2.69. The Hall–Kier alpha value is -0.860. The lowest BCUT2D eigenvalue weighted by molar-refractivity contribution is 0.120. The van der Waals surface area contributed by atoms with Gasteiger partial charge in [0.1, 0.15) is 0 Å². The minimum Gasteiger partial charge on any atom is -0.312 e. The van der Waals surface area contributed by atoms with Crippen molar-refractivity contribution in [3.05, 3.63) is 35.9 Å². The van der Waals surface area contributed by atoms with Crippen molar-refractivity contribution in [2.75, 3.05) is 20.1 Å². The first kappa shape index (κ1) is 15.5. The molecule has 2 rings (SSSR count). The van der Waals surface area contributed by atoms with E-state index in [1.807, 2.05) is 0 Å². The van der Waals surface area contributed by atoms with Crippen molar-refractivity contribution in [2.45, 2.75) is 45.7 Å². The molecule has 0 amide bonds. The van der Waals surface area contributed by atoms with Crippen molar-refractivity contribution in [3.63, 3.8) is 0 Å². The first-order chi connectivity index (χ1) is 9.67. The minimum atomic E-state index is 0.412. The quantitative estimate of drug-likeness (QED) is 0.777. The van der Waals surface area contributed by atoms with Gasteiger partial charge in [-0.05, 0) is 43.8 Å². The van der Waals surface area contributed by atoms with Gasteiger partial charge in [-0.1, -0.05) is 51.1 Å². The Bertz CT molecular complexity index is 384. The molecule has 0 aromatic heterocycles. The highest BCUT2D eigenvalue weighted by atomic mass is 15.2. The van der Waals surface area contributed by atoms with Crippen LogP contribution >= 0.6 is 0 Å². The fraction of sp³-hybridized carbons (Fsp3) is 0.667. The first-order valence-corrected chi connectivity index (χ1v) is 8.13. The zero-order chi connectivity index (χ0) is 14.5. The summed E-state index contributed by atoms with van der Waals surface area (Å²) >= 11 is 0. The van der Waals surface area contributed by atoms with Gasteiger partial charge in [-0.3, -0.25) is 4.90 Å². The van der Waals surface area contributed by atoms with Crippen LogP contribution in [0, 0.1) is 11.8 Å². The molecular weight excluding hydrogens is 244 g/mol. The van der Waals surface area contributed by atoms with E-state index >= 15 is 0 Å². The van der Waals surface area contributed by atoms with Crippen molar-refractivity contribution in [2.24, 2.45) is 11.8 Å². The van der Waals surface area contributed by atoms with E-state index in [9.17, 15) is 0 Å². The van der Waals surface area contributed by atoms with Crippen LogP contribution in [0.5, 0.6) is 0 Å². The molecule has 112 valence electrons. The molecule has 20 heavy (non-hydrogen) atoms. The third-order valence-electron chi connectivity index (χ3n) is 4.51. The number of benzene rings is 1. The molecule has 1 saturated carbocycles. The summed E-state index contributed by atoms with van der Waals surface area (Å²) in [5.41, 5.74) is 1.41. The van der Waals surface area contributed by atoms with Crippen LogP contribution in [0.4, 0.5) is 0 Å². The van der Waals surface area contributed by atoms with Gasteiger partial charge in [0.15, 0.2) is 0 Å². The minimum absolute atomic E-state index is 0.412. The Kier molecular flexibility index (Phi) is 5.62. The van der Waals surface area contributed by atoms with Crippen molar-refractivity contribution < 1.29 is 0 Å². The lowest BCUT2D eigenvalue weighted by atomic mass is 9.89. The number of rotatable bonds is 8. The number of likely N-dealkylation sites (N-methyl/N-ethyl adjacent to an activating group) is 2. The van der Waals surface area contributed by atoms with Crippen LogP contribution in [-0.4, -0.2) is 31.1 Å². The van der Waals surface area contributed by atoms with Crippen LogP contribution < -0.4 is 5.32 Å². The van der Waals surface area contributed by atoms with Crippen LogP contribution in [-0.2, 0) is 0 Å². The van der Waals surface area contributed by atoms with Crippen molar-refractivity contribution in [1.29, 1.82) is 0 Å². The molecule has 2 heteroatoms. The Morgan fingerprint density at radius 3 is 2.30 bits per heavy atom. The van der Waals surface area contributed by atoms with Crippen LogP contribution in [0.2, 0.25) is 0 Å². The topological polar surface area (TPSA) is 15.3 Å². The van der Waals surface area contributed by atoms with Gasteiger partial charge in [0.2, 0.25) is 0 Å². The number of hydrogen-bond donors (Lipinski definition) is 1. The highest BCUT2D eigenvalue weighted by molar-refractivity contribution is 5.21. The highest BCUT2D eigenvalue weighted by Crippen LogP contribution is 2.33. The van der Waals surface area contributed by atoms with Crippen molar-refractivity contribution in [1.82, 2.24) is 10.2 Å². The lowest BCUT2D eigenvalue weighted by Gasteiger charge is -2.39. The Morgan fingerprint density at radius 2 is 1.85 bits per heavy atom. The van der Waals surface area contributed by atoms with Gasteiger partial charge >= 0.3 is 0 Å². The maximum absolute atomic E-state index is 3.57. The SMILES string of the molecule is CCN(CC1CC1)C(C(C)C)C(NC)c1ccccc1. The summed E-state index contributed by atoms with van der Waals surface area (Å²) in [6.07, 6.45) is 2.85. The van der Waals surface area contributed by atoms with E-state index in [1.165, 1.54) is 24.9 Å². The molecule has 2 atom stereocenters. The summed E-state index contributed by atoms with van der Waals surface area (Å²) in [6, 6.07) is 11.9. The molecule has 2 nitrogen and oxygen atoms in total. The second-order valence-corrected chi connectivity index (χ2v) is 6.44. The first-order valence-electron chi connectivity index (χ1n) is 8.13. The molecule has 1 aromatic carbocycles. The van der Waals surface area contributed by atoms with E-state index in [0.29, 0.717) is 18.0 Å².